The van der Waals surface area contributed by atoms with Crippen LogP contribution < -0.4 is 11.1 Å². The average molecular weight is 212 g/mol. The van der Waals surface area contributed by atoms with Gasteiger partial charge in [-0.05, 0) is 10.6 Å². The van der Waals surface area contributed by atoms with Crippen molar-refractivity contribution in [1.82, 2.24) is 20.2 Å². The first-order chi connectivity index (χ1) is 6.80. The number of nitrogens with two attached hydrogens (primary N) is 1. The van der Waals surface area contributed by atoms with Crippen molar-refractivity contribution in [3.05, 3.63) is 0 Å². The van der Waals surface area contributed by atoms with E-state index in [1.54, 1.807) is 7.05 Å². The number of hydrogen-bond donors (Lipinski definition) is 2. The minimum atomic E-state index is -0.610. The third kappa shape index (κ3) is 2.98. The Morgan fingerprint density at radius 1 is 1.53 bits per heavy atom. The summed E-state index contributed by atoms with van der Waals surface area (Å²) in [5.41, 5.74) is 5.45. The number of aromatic nitrogens is 4. The molecule has 0 bridgehead atoms. The molecule has 0 aliphatic carbocycles. The summed E-state index contributed by atoms with van der Waals surface area (Å²) in [5.74, 6) is -0.141. The maximum Gasteiger partial charge on any atom is 0.270 e. The average Bonchev–Trinajstić information content (AvgIpc) is 2.48. The van der Waals surface area contributed by atoms with Gasteiger partial charge >= 0.3 is 0 Å². The van der Waals surface area contributed by atoms with E-state index in [1.807, 2.05) is 20.8 Å². The van der Waals surface area contributed by atoms with E-state index < -0.39 is 6.04 Å². The molecule has 1 heterocycles. The lowest BCUT2D eigenvalue weighted by Crippen LogP contribution is -2.45. The van der Waals surface area contributed by atoms with Gasteiger partial charge in [-0.25, -0.2) is 0 Å². The SMILES string of the molecule is Cn1nnc(NC(=O)[C@H](N)C(C)(C)C)n1. The van der Waals surface area contributed by atoms with Crippen molar-refractivity contribution in [3.63, 3.8) is 0 Å². The summed E-state index contributed by atoms with van der Waals surface area (Å²) in [4.78, 5) is 12.9. The van der Waals surface area contributed by atoms with Crippen molar-refractivity contribution in [1.29, 1.82) is 0 Å². The maximum absolute atomic E-state index is 11.6. The van der Waals surface area contributed by atoms with Crippen molar-refractivity contribution >= 4 is 11.9 Å². The lowest BCUT2D eigenvalue weighted by molar-refractivity contribution is -0.119. The lowest BCUT2D eigenvalue weighted by Gasteiger charge is -2.24. The molecule has 0 spiro atoms. The molecule has 1 rings (SSSR count). The zero-order chi connectivity index (χ0) is 11.6. The number of hydrogen-bond acceptors (Lipinski definition) is 5. The van der Waals surface area contributed by atoms with E-state index in [2.05, 4.69) is 20.7 Å². The van der Waals surface area contributed by atoms with Crippen molar-refractivity contribution in [3.8, 4) is 0 Å². The second kappa shape index (κ2) is 3.93. The molecule has 1 aromatic heterocycles. The van der Waals surface area contributed by atoms with E-state index >= 15 is 0 Å². The molecule has 1 aromatic rings. The molecular formula is C8H16N6O. The van der Waals surface area contributed by atoms with E-state index in [4.69, 9.17) is 5.73 Å². The van der Waals surface area contributed by atoms with Crippen LogP contribution in [0.1, 0.15) is 20.8 Å². The first-order valence-electron chi connectivity index (χ1n) is 4.61. The smallest absolute Gasteiger partial charge is 0.270 e. The molecule has 1 atom stereocenters. The summed E-state index contributed by atoms with van der Waals surface area (Å²) in [6, 6.07) is -0.610. The van der Waals surface area contributed by atoms with Crippen LogP contribution in [0.5, 0.6) is 0 Å². The summed E-state index contributed by atoms with van der Waals surface area (Å²) in [5, 5.41) is 13.5. The van der Waals surface area contributed by atoms with Crippen LogP contribution in [0.4, 0.5) is 5.95 Å². The Morgan fingerprint density at radius 2 is 2.13 bits per heavy atom. The highest BCUT2D eigenvalue weighted by atomic mass is 16.2. The van der Waals surface area contributed by atoms with Crippen LogP contribution in [0.3, 0.4) is 0 Å². The summed E-state index contributed by atoms with van der Waals surface area (Å²) >= 11 is 0. The first-order valence-corrected chi connectivity index (χ1v) is 4.61. The predicted octanol–water partition coefficient (Wildman–Crippen LogP) is -0.478. The predicted molar refractivity (Wildman–Crippen MR) is 54.9 cm³/mol. The topological polar surface area (TPSA) is 98.7 Å². The summed E-state index contributed by atoms with van der Waals surface area (Å²) in [7, 11) is 1.62. The number of nitrogens with zero attached hydrogens (tertiary/aromatic N) is 4. The van der Waals surface area contributed by atoms with Gasteiger partial charge in [0.25, 0.3) is 5.95 Å². The number of carbonyl (C=O) groups excluding carboxylic acids is 1. The fourth-order valence-corrected chi connectivity index (χ4v) is 0.915. The van der Waals surface area contributed by atoms with Gasteiger partial charge in [0.15, 0.2) is 0 Å². The van der Waals surface area contributed by atoms with Gasteiger partial charge in [0.1, 0.15) is 0 Å². The standard InChI is InChI=1S/C8H16N6O/c1-8(2,3)5(9)6(15)10-7-11-13-14(4)12-7/h5H,9H2,1-4H3,(H,10,12,15)/t5-/m0/s1. The van der Waals surface area contributed by atoms with Gasteiger partial charge in [-0.2, -0.15) is 4.80 Å². The minimum Gasteiger partial charge on any atom is -0.319 e. The number of nitrogens with one attached hydrogen (secondary N) is 1. The third-order valence-electron chi connectivity index (χ3n) is 1.96. The zero-order valence-corrected chi connectivity index (χ0v) is 9.35. The molecule has 1 amide bonds. The van der Waals surface area contributed by atoms with E-state index in [0.29, 0.717) is 0 Å². The van der Waals surface area contributed by atoms with E-state index in [-0.39, 0.29) is 17.3 Å². The Kier molecular flexibility index (Phi) is 3.04. The molecule has 0 aromatic carbocycles. The molecule has 0 aliphatic rings. The molecule has 7 nitrogen and oxygen atoms in total. The molecular weight excluding hydrogens is 196 g/mol. The Labute approximate surface area is 88.0 Å². The van der Waals surface area contributed by atoms with Crippen LogP contribution in [0.25, 0.3) is 0 Å². The second-order valence-corrected chi connectivity index (χ2v) is 4.44. The Hall–Kier alpha value is -1.50. The molecule has 0 fully saturated rings. The molecule has 0 radical (unpaired) electrons. The van der Waals surface area contributed by atoms with Crippen LogP contribution in [0, 0.1) is 5.41 Å². The van der Waals surface area contributed by atoms with Crippen LogP contribution in [-0.4, -0.2) is 32.2 Å². The number of anilines is 1. The van der Waals surface area contributed by atoms with Crippen molar-refractivity contribution in [2.45, 2.75) is 26.8 Å². The van der Waals surface area contributed by atoms with Gasteiger partial charge < -0.3 is 5.73 Å². The van der Waals surface area contributed by atoms with Gasteiger partial charge in [0, 0.05) is 0 Å². The van der Waals surface area contributed by atoms with E-state index in [9.17, 15) is 4.79 Å². The molecule has 0 saturated carbocycles. The first kappa shape index (κ1) is 11.6. The summed E-state index contributed by atoms with van der Waals surface area (Å²) in [6.45, 7) is 5.67. The van der Waals surface area contributed by atoms with Crippen LogP contribution >= 0.6 is 0 Å². The fourth-order valence-electron chi connectivity index (χ4n) is 0.915. The monoisotopic (exact) mass is 212 g/mol. The molecule has 84 valence electrons. The Balaban J connectivity index is 2.64. The molecule has 3 N–H and O–H groups in total. The van der Waals surface area contributed by atoms with Crippen LogP contribution in [0.15, 0.2) is 0 Å². The second-order valence-electron chi connectivity index (χ2n) is 4.44. The highest BCUT2D eigenvalue weighted by Gasteiger charge is 2.28. The number of aryl methyl sites for hydroxylation is 1. The highest BCUT2D eigenvalue weighted by Crippen LogP contribution is 2.17. The van der Waals surface area contributed by atoms with Crippen molar-refractivity contribution < 1.29 is 4.79 Å². The van der Waals surface area contributed by atoms with Gasteiger partial charge in [0.2, 0.25) is 5.91 Å². The molecule has 15 heavy (non-hydrogen) atoms. The van der Waals surface area contributed by atoms with E-state index in [0.717, 1.165) is 0 Å². The van der Waals surface area contributed by atoms with Crippen molar-refractivity contribution in [2.24, 2.45) is 18.2 Å². The molecule has 0 saturated heterocycles. The lowest BCUT2D eigenvalue weighted by atomic mass is 9.87. The quantitative estimate of drug-likeness (QED) is 0.690. The largest absolute Gasteiger partial charge is 0.319 e. The van der Waals surface area contributed by atoms with Crippen LogP contribution in [0.2, 0.25) is 0 Å². The Bertz CT molecular complexity index is 352. The van der Waals surface area contributed by atoms with Crippen molar-refractivity contribution in [2.75, 3.05) is 5.32 Å². The number of carbonyl (C=O) groups is 1. The molecule has 0 unspecified atom stereocenters. The zero-order valence-electron chi connectivity index (χ0n) is 9.35. The fraction of sp³-hybridized carbons (Fsp3) is 0.750. The van der Waals surface area contributed by atoms with Gasteiger partial charge in [0.05, 0.1) is 13.1 Å². The number of tetrazole rings is 1. The van der Waals surface area contributed by atoms with Gasteiger partial charge in [-0.3, -0.25) is 10.1 Å². The summed E-state index contributed by atoms with van der Waals surface area (Å²) in [6.07, 6.45) is 0. The molecule has 7 heteroatoms. The number of amides is 1. The summed E-state index contributed by atoms with van der Waals surface area (Å²) < 4.78 is 0. The maximum atomic E-state index is 11.6. The van der Waals surface area contributed by atoms with Gasteiger partial charge in [-0.15, -0.1) is 5.10 Å². The Morgan fingerprint density at radius 3 is 2.53 bits per heavy atom. The number of rotatable bonds is 2. The van der Waals surface area contributed by atoms with E-state index in [1.165, 1.54) is 4.80 Å². The normalized spacial score (nSPS) is 13.7. The molecule has 0 aliphatic heterocycles. The van der Waals surface area contributed by atoms with Crippen LogP contribution in [-0.2, 0) is 11.8 Å². The third-order valence-corrected chi connectivity index (χ3v) is 1.96. The highest BCUT2D eigenvalue weighted by molar-refractivity contribution is 5.93. The van der Waals surface area contributed by atoms with Gasteiger partial charge in [-0.1, -0.05) is 25.9 Å². The minimum absolute atomic E-state index is 0.169.